The van der Waals surface area contributed by atoms with Crippen LogP contribution in [0.3, 0.4) is 0 Å². The Kier molecular flexibility index (Phi) is 6.17. The first-order valence-corrected chi connectivity index (χ1v) is 9.85. The largest absolute Gasteiger partial charge is 0.212 e. The molecule has 0 aliphatic rings. The van der Waals surface area contributed by atoms with E-state index in [9.17, 15) is 0 Å². The number of hydrogen-bond donors (Lipinski definition) is 0. The molecule has 1 aromatic heterocycles. The Bertz CT molecular complexity index is 889. The molecule has 4 nitrogen and oxygen atoms in total. The molecule has 1 heterocycles. The number of aromatic nitrogens is 3. The maximum Gasteiger partial charge on any atom is 0.212 e. The predicted octanol–water partition coefficient (Wildman–Crippen LogP) is 5.83. The molecule has 0 fully saturated rings. The summed E-state index contributed by atoms with van der Waals surface area (Å²) in [5.41, 5.74) is 1.86. The predicted molar refractivity (Wildman–Crippen MR) is 108 cm³/mol. The minimum atomic E-state index is 0.547. The van der Waals surface area contributed by atoms with Crippen LogP contribution in [0, 0.1) is 6.92 Å². The second-order valence-corrected chi connectivity index (χ2v) is 7.81. The maximum atomic E-state index is 6.18. The number of thioether (sulfide) groups is 1. The van der Waals surface area contributed by atoms with E-state index in [0.717, 1.165) is 10.2 Å². The summed E-state index contributed by atoms with van der Waals surface area (Å²) in [7, 11) is 0. The van der Waals surface area contributed by atoms with Gasteiger partial charge in [-0.15, -0.1) is 10.2 Å². The van der Waals surface area contributed by atoms with E-state index < -0.39 is 0 Å². The topological polar surface area (TPSA) is 43.1 Å². The van der Waals surface area contributed by atoms with E-state index in [1.807, 2.05) is 19.1 Å². The van der Waals surface area contributed by atoms with Crippen molar-refractivity contribution in [2.75, 3.05) is 0 Å². The first-order chi connectivity index (χ1) is 12.0. The molecule has 2 aromatic carbocycles. The lowest BCUT2D eigenvalue weighted by atomic mass is 10.2. The molecule has 25 heavy (non-hydrogen) atoms. The molecule has 0 aliphatic heterocycles. The van der Waals surface area contributed by atoms with Crippen LogP contribution in [-0.4, -0.2) is 21.1 Å². The van der Waals surface area contributed by atoms with Crippen molar-refractivity contribution >= 4 is 57.1 Å². The normalized spacial score (nSPS) is 11.4. The maximum absolute atomic E-state index is 6.18. The van der Waals surface area contributed by atoms with Crippen LogP contribution < -0.4 is 0 Å². The Morgan fingerprint density at radius 3 is 2.48 bits per heavy atom. The molecular weight excluding hydrogens is 443 g/mol. The monoisotopic (exact) mass is 454 g/mol. The fraction of sp³-hybridized carbons (Fsp3) is 0.118. The first-order valence-electron chi connectivity index (χ1n) is 7.32. The summed E-state index contributed by atoms with van der Waals surface area (Å²) in [4.78, 5) is 0. The van der Waals surface area contributed by atoms with Crippen LogP contribution >= 0.6 is 50.9 Å². The van der Waals surface area contributed by atoms with Gasteiger partial charge in [0.1, 0.15) is 0 Å². The zero-order chi connectivity index (χ0) is 17.8. The van der Waals surface area contributed by atoms with Crippen molar-refractivity contribution in [3.63, 3.8) is 0 Å². The fourth-order valence-electron chi connectivity index (χ4n) is 2.04. The lowest BCUT2D eigenvalue weighted by molar-refractivity contribution is 0.744. The summed E-state index contributed by atoms with van der Waals surface area (Å²) in [6, 6.07) is 13.5. The van der Waals surface area contributed by atoms with Crippen molar-refractivity contribution in [1.29, 1.82) is 0 Å². The molecule has 3 rings (SSSR count). The highest BCUT2D eigenvalue weighted by Crippen LogP contribution is 2.24. The highest BCUT2D eigenvalue weighted by Gasteiger charge is 2.10. The van der Waals surface area contributed by atoms with Crippen LogP contribution in [0.4, 0.5) is 0 Å². The fourth-order valence-corrected chi connectivity index (χ4v) is 3.69. The van der Waals surface area contributed by atoms with E-state index in [1.54, 1.807) is 40.9 Å². The zero-order valence-electron chi connectivity index (χ0n) is 13.2. The van der Waals surface area contributed by atoms with Crippen LogP contribution in [0.1, 0.15) is 17.0 Å². The smallest absolute Gasteiger partial charge is 0.192 e. The number of aryl methyl sites for hydroxylation is 1. The Morgan fingerprint density at radius 1 is 1.12 bits per heavy atom. The van der Waals surface area contributed by atoms with Gasteiger partial charge in [0.25, 0.3) is 0 Å². The third kappa shape index (κ3) is 4.64. The van der Waals surface area contributed by atoms with E-state index in [-0.39, 0.29) is 0 Å². The highest BCUT2D eigenvalue weighted by molar-refractivity contribution is 9.10. The molecule has 0 radical (unpaired) electrons. The van der Waals surface area contributed by atoms with E-state index in [4.69, 9.17) is 23.2 Å². The van der Waals surface area contributed by atoms with Gasteiger partial charge in [-0.25, -0.2) is 0 Å². The third-order valence-electron chi connectivity index (χ3n) is 3.35. The molecule has 0 bridgehead atoms. The highest BCUT2D eigenvalue weighted by atomic mass is 79.9. The molecule has 3 aromatic rings. The second-order valence-electron chi connectivity index (χ2n) is 5.14. The molecule has 0 saturated carbocycles. The molecule has 0 N–H and O–H groups in total. The van der Waals surface area contributed by atoms with Gasteiger partial charge in [-0.2, -0.15) is 9.78 Å². The van der Waals surface area contributed by atoms with Gasteiger partial charge in [-0.05, 0) is 36.8 Å². The molecule has 0 spiro atoms. The van der Waals surface area contributed by atoms with Gasteiger partial charge in [0, 0.05) is 15.8 Å². The number of nitrogens with zero attached hydrogens (tertiary/aromatic N) is 4. The van der Waals surface area contributed by atoms with Crippen molar-refractivity contribution < 1.29 is 0 Å². The molecule has 0 unspecified atom stereocenters. The van der Waals surface area contributed by atoms with Crippen molar-refractivity contribution in [1.82, 2.24) is 14.9 Å². The van der Waals surface area contributed by atoms with Crippen molar-refractivity contribution in [2.45, 2.75) is 17.8 Å². The van der Waals surface area contributed by atoms with E-state index in [2.05, 4.69) is 43.4 Å². The van der Waals surface area contributed by atoms with E-state index in [0.29, 0.717) is 26.6 Å². The van der Waals surface area contributed by atoms with Gasteiger partial charge in [0.15, 0.2) is 5.82 Å². The standard InChI is InChI=1S/C17H13BrCl2N4S/c1-11-22-23-17(25-10-12-5-7-13(18)8-6-12)24(11)21-9-14-15(19)3-2-4-16(14)20/h2-9H,10H2,1H3/b21-9+. The zero-order valence-corrected chi connectivity index (χ0v) is 17.1. The van der Waals surface area contributed by atoms with Crippen molar-refractivity contribution in [2.24, 2.45) is 5.10 Å². The van der Waals surface area contributed by atoms with Gasteiger partial charge >= 0.3 is 0 Å². The molecule has 0 atom stereocenters. The van der Waals surface area contributed by atoms with Crippen molar-refractivity contribution in [3.8, 4) is 0 Å². The summed E-state index contributed by atoms with van der Waals surface area (Å²) < 4.78 is 2.74. The Labute approximate surface area is 168 Å². The summed E-state index contributed by atoms with van der Waals surface area (Å²) in [6.45, 7) is 1.85. The number of benzene rings is 2. The average Bonchev–Trinajstić information content (AvgIpc) is 2.94. The van der Waals surface area contributed by atoms with Crippen LogP contribution in [-0.2, 0) is 5.75 Å². The second kappa shape index (κ2) is 8.36. The van der Waals surface area contributed by atoms with Gasteiger partial charge in [-0.1, -0.05) is 69.1 Å². The summed E-state index contributed by atoms with van der Waals surface area (Å²) in [5, 5.41) is 14.6. The molecule has 128 valence electrons. The molecule has 8 heteroatoms. The number of hydrogen-bond acceptors (Lipinski definition) is 4. The lowest BCUT2D eigenvalue weighted by Crippen LogP contribution is -1.97. The van der Waals surface area contributed by atoms with Crippen LogP contribution in [0.15, 0.2) is 57.2 Å². The van der Waals surface area contributed by atoms with Gasteiger partial charge in [-0.3, -0.25) is 0 Å². The first kappa shape index (κ1) is 18.5. The Morgan fingerprint density at radius 2 is 1.80 bits per heavy atom. The van der Waals surface area contributed by atoms with Gasteiger partial charge < -0.3 is 0 Å². The van der Waals surface area contributed by atoms with Gasteiger partial charge in [0.2, 0.25) is 5.16 Å². The van der Waals surface area contributed by atoms with E-state index >= 15 is 0 Å². The number of halogens is 3. The minimum absolute atomic E-state index is 0.547. The van der Waals surface area contributed by atoms with Crippen LogP contribution in [0.2, 0.25) is 10.0 Å². The summed E-state index contributed by atoms with van der Waals surface area (Å²) in [5.74, 6) is 1.46. The van der Waals surface area contributed by atoms with Gasteiger partial charge in [0.05, 0.1) is 16.3 Å². The molecular formula is C17H13BrCl2N4S. The van der Waals surface area contributed by atoms with E-state index in [1.165, 1.54) is 5.56 Å². The number of rotatable bonds is 5. The third-order valence-corrected chi connectivity index (χ3v) is 5.53. The Hall–Kier alpha value is -1.34. The van der Waals surface area contributed by atoms with Crippen LogP contribution in [0.25, 0.3) is 0 Å². The minimum Gasteiger partial charge on any atom is -0.192 e. The molecule has 0 amide bonds. The molecule has 0 aliphatic carbocycles. The molecule has 0 saturated heterocycles. The van der Waals surface area contributed by atoms with Crippen molar-refractivity contribution in [3.05, 3.63) is 73.9 Å². The summed E-state index contributed by atoms with van der Waals surface area (Å²) in [6.07, 6.45) is 1.63. The summed E-state index contributed by atoms with van der Waals surface area (Å²) >= 11 is 17.4. The lowest BCUT2D eigenvalue weighted by Gasteiger charge is -2.04. The average molecular weight is 456 g/mol. The Balaban J connectivity index is 1.79. The quantitative estimate of drug-likeness (QED) is 0.359. The SMILES string of the molecule is Cc1nnc(SCc2ccc(Br)cc2)n1/N=C/c1c(Cl)cccc1Cl. The van der Waals surface area contributed by atoms with Crippen LogP contribution in [0.5, 0.6) is 0 Å².